The van der Waals surface area contributed by atoms with E-state index in [2.05, 4.69) is 5.92 Å². The Bertz CT molecular complexity index is 297. The van der Waals surface area contributed by atoms with Crippen LogP contribution in [0.5, 0.6) is 0 Å². The number of ether oxygens (including phenoxy) is 1. The normalized spacial score (nSPS) is 12.9. The van der Waals surface area contributed by atoms with Gasteiger partial charge in [0, 0.05) is 0 Å². The lowest BCUT2D eigenvalue weighted by atomic mass is 10.4. The van der Waals surface area contributed by atoms with E-state index in [9.17, 15) is 9.36 Å². The molecular weight excluding hydrogens is 231 g/mol. The van der Waals surface area contributed by atoms with Gasteiger partial charge in [0.15, 0.2) is 6.10 Å². The summed E-state index contributed by atoms with van der Waals surface area (Å²) in [4.78, 5) is 11.3. The molecule has 16 heavy (non-hydrogen) atoms. The van der Waals surface area contributed by atoms with Crippen molar-refractivity contribution in [2.45, 2.75) is 26.9 Å². The van der Waals surface area contributed by atoms with E-state index < -0.39 is 25.8 Å². The highest BCUT2D eigenvalue weighted by atomic mass is 31.2. The minimum atomic E-state index is -3.39. The molecule has 6 heteroatoms. The minimum Gasteiger partial charge on any atom is -0.449 e. The number of carbonyl (C=O) groups excluding carboxylic acids is 1. The number of terminal acetylenes is 1. The van der Waals surface area contributed by atoms with Gasteiger partial charge in [0.05, 0.1) is 13.2 Å². The van der Waals surface area contributed by atoms with Crippen molar-refractivity contribution in [3.05, 3.63) is 0 Å². The third-order valence-electron chi connectivity index (χ3n) is 1.52. The Morgan fingerprint density at radius 3 is 2.25 bits per heavy atom. The molecule has 0 radical (unpaired) electrons. The first-order valence-electron chi connectivity index (χ1n) is 5.01. The van der Waals surface area contributed by atoms with Crippen molar-refractivity contribution in [3.63, 3.8) is 0 Å². The zero-order chi connectivity index (χ0) is 12.6. The molecule has 1 atom stereocenters. The standard InChI is InChI=1S/C10H17O5P/c1-5-9(4)15-10(11)8-16(12,13-6-2)14-7-3/h1,9H,6-8H2,2-4H3. The Kier molecular flexibility index (Phi) is 7.07. The largest absolute Gasteiger partial charge is 0.449 e. The monoisotopic (exact) mass is 248 g/mol. The van der Waals surface area contributed by atoms with Crippen molar-refractivity contribution in [2.75, 3.05) is 19.4 Å². The lowest BCUT2D eigenvalue weighted by molar-refractivity contribution is -0.142. The molecular formula is C10H17O5P. The van der Waals surface area contributed by atoms with Gasteiger partial charge in [-0.1, -0.05) is 5.92 Å². The quantitative estimate of drug-likeness (QED) is 0.390. The van der Waals surface area contributed by atoms with Crippen molar-refractivity contribution in [2.24, 2.45) is 0 Å². The van der Waals surface area contributed by atoms with E-state index in [1.165, 1.54) is 0 Å². The molecule has 92 valence electrons. The molecule has 0 rings (SSSR count). The van der Waals surface area contributed by atoms with E-state index in [-0.39, 0.29) is 13.2 Å². The van der Waals surface area contributed by atoms with E-state index in [0.717, 1.165) is 0 Å². The number of hydrogen-bond acceptors (Lipinski definition) is 5. The van der Waals surface area contributed by atoms with Gasteiger partial charge < -0.3 is 13.8 Å². The second-order valence-corrected chi connectivity index (χ2v) is 4.96. The topological polar surface area (TPSA) is 61.8 Å². The van der Waals surface area contributed by atoms with Gasteiger partial charge in [-0.05, 0) is 20.8 Å². The first kappa shape index (κ1) is 15.2. The van der Waals surface area contributed by atoms with E-state index in [1.54, 1.807) is 20.8 Å². The maximum Gasteiger partial charge on any atom is 0.341 e. The average Bonchev–Trinajstić information content (AvgIpc) is 2.17. The molecule has 0 saturated carbocycles. The summed E-state index contributed by atoms with van der Waals surface area (Å²) in [7, 11) is -3.39. The van der Waals surface area contributed by atoms with Gasteiger partial charge in [-0.25, -0.2) is 0 Å². The average molecular weight is 248 g/mol. The van der Waals surface area contributed by atoms with Gasteiger partial charge in [-0.15, -0.1) is 6.42 Å². The first-order valence-corrected chi connectivity index (χ1v) is 6.74. The number of carbonyl (C=O) groups is 1. The van der Waals surface area contributed by atoms with Crippen LogP contribution < -0.4 is 0 Å². The molecule has 0 aromatic heterocycles. The van der Waals surface area contributed by atoms with Crippen LogP contribution in [0.15, 0.2) is 0 Å². The summed E-state index contributed by atoms with van der Waals surface area (Å²) in [5.74, 6) is 1.55. The molecule has 0 fully saturated rings. The van der Waals surface area contributed by atoms with Crippen molar-refractivity contribution < 1.29 is 23.1 Å². The van der Waals surface area contributed by atoms with E-state index >= 15 is 0 Å². The molecule has 0 saturated heterocycles. The summed E-state index contributed by atoms with van der Waals surface area (Å²) in [5, 5.41) is 0. The van der Waals surface area contributed by atoms with Crippen molar-refractivity contribution in [3.8, 4) is 12.3 Å². The summed E-state index contributed by atoms with van der Waals surface area (Å²) in [5.41, 5.74) is 0. The highest BCUT2D eigenvalue weighted by molar-refractivity contribution is 7.54. The SMILES string of the molecule is C#CC(C)OC(=O)CP(=O)(OCC)OCC. The third kappa shape index (κ3) is 5.92. The Morgan fingerprint density at radius 2 is 1.88 bits per heavy atom. The van der Waals surface area contributed by atoms with Crippen LogP contribution in [0.25, 0.3) is 0 Å². The summed E-state index contributed by atoms with van der Waals surface area (Å²) >= 11 is 0. The lowest BCUT2D eigenvalue weighted by Crippen LogP contribution is -2.18. The molecule has 0 aliphatic rings. The number of esters is 1. The van der Waals surface area contributed by atoms with Crippen molar-refractivity contribution in [1.82, 2.24) is 0 Å². The fraction of sp³-hybridized carbons (Fsp3) is 0.700. The van der Waals surface area contributed by atoms with Crippen LogP contribution in [0.4, 0.5) is 0 Å². The fourth-order valence-corrected chi connectivity index (χ4v) is 2.38. The third-order valence-corrected chi connectivity index (χ3v) is 3.47. The van der Waals surface area contributed by atoms with Gasteiger partial charge in [-0.3, -0.25) is 9.36 Å². The van der Waals surface area contributed by atoms with Gasteiger partial charge >= 0.3 is 13.6 Å². The predicted octanol–water partition coefficient (Wildman–Crippen LogP) is 1.82. The molecule has 0 heterocycles. The molecule has 5 nitrogen and oxygen atoms in total. The molecule has 0 amide bonds. The van der Waals surface area contributed by atoms with E-state index in [1.807, 2.05) is 0 Å². The Morgan fingerprint density at radius 1 is 1.38 bits per heavy atom. The van der Waals surface area contributed by atoms with Crippen LogP contribution >= 0.6 is 7.60 Å². The maximum atomic E-state index is 11.9. The predicted molar refractivity (Wildman–Crippen MR) is 60.1 cm³/mol. The molecule has 0 aromatic carbocycles. The second-order valence-electron chi connectivity index (χ2n) is 2.90. The fourth-order valence-electron chi connectivity index (χ4n) is 0.949. The molecule has 0 aliphatic heterocycles. The van der Waals surface area contributed by atoms with Gasteiger partial charge in [-0.2, -0.15) is 0 Å². The summed E-state index contributed by atoms with van der Waals surface area (Å²) < 4.78 is 26.6. The summed E-state index contributed by atoms with van der Waals surface area (Å²) in [6, 6.07) is 0. The summed E-state index contributed by atoms with van der Waals surface area (Å²) in [6.45, 7) is 5.29. The molecule has 1 unspecified atom stereocenters. The number of rotatable bonds is 7. The van der Waals surface area contributed by atoms with Crippen LogP contribution in [0.1, 0.15) is 20.8 Å². The van der Waals surface area contributed by atoms with Crippen LogP contribution in [-0.4, -0.2) is 31.4 Å². The highest BCUT2D eigenvalue weighted by Gasteiger charge is 2.29. The molecule has 0 spiro atoms. The zero-order valence-corrected chi connectivity index (χ0v) is 10.7. The number of hydrogen-bond donors (Lipinski definition) is 0. The first-order chi connectivity index (χ1) is 7.47. The Balaban J connectivity index is 4.35. The Labute approximate surface area is 96.0 Å². The highest BCUT2D eigenvalue weighted by Crippen LogP contribution is 2.47. The summed E-state index contributed by atoms with van der Waals surface area (Å²) in [6.07, 6.45) is 3.98. The minimum absolute atomic E-state index is 0.204. The lowest BCUT2D eigenvalue weighted by Gasteiger charge is -2.16. The van der Waals surface area contributed by atoms with E-state index in [0.29, 0.717) is 0 Å². The molecule has 0 N–H and O–H groups in total. The van der Waals surface area contributed by atoms with Crippen LogP contribution in [0.3, 0.4) is 0 Å². The second kappa shape index (κ2) is 7.45. The molecule has 0 aromatic rings. The van der Waals surface area contributed by atoms with Crippen LogP contribution in [0, 0.1) is 12.3 Å². The van der Waals surface area contributed by atoms with Crippen LogP contribution in [0.2, 0.25) is 0 Å². The maximum absolute atomic E-state index is 11.9. The molecule has 0 aliphatic carbocycles. The van der Waals surface area contributed by atoms with Crippen molar-refractivity contribution >= 4 is 13.6 Å². The zero-order valence-electron chi connectivity index (χ0n) is 9.76. The van der Waals surface area contributed by atoms with Gasteiger partial charge in [0.2, 0.25) is 0 Å². The Hall–Kier alpha value is -0.820. The van der Waals surface area contributed by atoms with Gasteiger partial charge in [0.1, 0.15) is 6.16 Å². The van der Waals surface area contributed by atoms with Crippen LogP contribution in [-0.2, 0) is 23.1 Å². The van der Waals surface area contributed by atoms with Gasteiger partial charge in [0.25, 0.3) is 0 Å². The smallest absolute Gasteiger partial charge is 0.341 e. The van der Waals surface area contributed by atoms with Crippen molar-refractivity contribution in [1.29, 1.82) is 0 Å². The molecule has 0 bridgehead atoms. The van der Waals surface area contributed by atoms with E-state index in [4.69, 9.17) is 20.2 Å².